The number of benzene rings is 1. The van der Waals surface area contributed by atoms with Crippen LogP contribution in [0.25, 0.3) is 11.0 Å². The van der Waals surface area contributed by atoms with E-state index in [1.54, 1.807) is 30.5 Å². The van der Waals surface area contributed by atoms with Gasteiger partial charge in [0.25, 0.3) is 0 Å². The maximum absolute atomic E-state index is 11.8. The van der Waals surface area contributed by atoms with E-state index in [-0.39, 0.29) is 11.7 Å². The fourth-order valence-electron chi connectivity index (χ4n) is 1.87. The Balaban J connectivity index is 1.59. The third-order valence-electron chi connectivity index (χ3n) is 2.86. The van der Waals surface area contributed by atoms with Crippen molar-refractivity contribution in [1.29, 1.82) is 0 Å². The van der Waals surface area contributed by atoms with Crippen molar-refractivity contribution in [3.63, 3.8) is 0 Å². The van der Waals surface area contributed by atoms with Crippen LogP contribution in [-0.4, -0.2) is 21.6 Å². The molecule has 0 aliphatic heterocycles. The number of aromatic amines is 1. The Morgan fingerprint density at radius 1 is 1.41 bits per heavy atom. The molecule has 0 saturated carbocycles. The number of carbonyl (C=O) groups is 1. The summed E-state index contributed by atoms with van der Waals surface area (Å²) in [5.74, 6) is 0.848. The highest BCUT2D eigenvalue weighted by Gasteiger charge is 2.10. The van der Waals surface area contributed by atoms with Gasteiger partial charge in [-0.1, -0.05) is 35.0 Å². The van der Waals surface area contributed by atoms with Gasteiger partial charge in [-0.05, 0) is 24.3 Å². The Labute approximate surface area is 140 Å². The van der Waals surface area contributed by atoms with E-state index in [9.17, 15) is 4.79 Å². The minimum atomic E-state index is -0.106. The predicted molar refractivity (Wildman–Crippen MR) is 87.4 cm³/mol. The Bertz CT molecular complexity index is 802. The lowest BCUT2D eigenvalue weighted by Gasteiger charge is -2.01. The summed E-state index contributed by atoms with van der Waals surface area (Å²) in [6.45, 7) is 0.369. The van der Waals surface area contributed by atoms with Crippen molar-refractivity contribution in [2.24, 2.45) is 0 Å². The zero-order valence-electron chi connectivity index (χ0n) is 11.2. The molecule has 3 rings (SSSR count). The summed E-state index contributed by atoms with van der Waals surface area (Å²) >= 11 is 13.3. The highest BCUT2D eigenvalue weighted by molar-refractivity contribution is 7.99. The Kier molecular flexibility index (Phi) is 4.61. The highest BCUT2D eigenvalue weighted by atomic mass is 35.5. The lowest BCUT2D eigenvalue weighted by molar-refractivity contribution is -0.118. The molecule has 0 fully saturated rings. The van der Waals surface area contributed by atoms with Crippen LogP contribution in [0, 0.1) is 0 Å². The molecule has 1 aromatic carbocycles. The molecule has 114 valence electrons. The van der Waals surface area contributed by atoms with Gasteiger partial charge in [0.15, 0.2) is 5.16 Å². The third-order valence-corrected chi connectivity index (χ3v) is 4.24. The quantitative estimate of drug-likeness (QED) is 0.681. The second kappa shape index (κ2) is 6.64. The van der Waals surface area contributed by atoms with E-state index in [4.69, 9.17) is 27.6 Å². The van der Waals surface area contributed by atoms with Crippen molar-refractivity contribution in [1.82, 2.24) is 15.3 Å². The molecular weight excluding hydrogens is 345 g/mol. The summed E-state index contributed by atoms with van der Waals surface area (Å²) in [4.78, 5) is 19.2. The van der Waals surface area contributed by atoms with E-state index >= 15 is 0 Å². The molecular formula is C14H11Cl2N3O2S. The first-order valence-electron chi connectivity index (χ1n) is 6.38. The molecule has 3 aromatic rings. The summed E-state index contributed by atoms with van der Waals surface area (Å²) in [6.07, 6.45) is 1.57. The molecule has 0 atom stereocenters. The monoisotopic (exact) mass is 355 g/mol. The largest absolute Gasteiger partial charge is 0.467 e. The summed E-state index contributed by atoms with van der Waals surface area (Å²) < 4.78 is 5.14. The number of nitrogens with one attached hydrogen (secondary N) is 2. The smallest absolute Gasteiger partial charge is 0.230 e. The van der Waals surface area contributed by atoms with Gasteiger partial charge in [-0.25, -0.2) is 4.98 Å². The second-order valence-corrected chi connectivity index (χ2v) is 6.28. The van der Waals surface area contributed by atoms with Crippen molar-refractivity contribution in [3.05, 3.63) is 46.3 Å². The van der Waals surface area contributed by atoms with Crippen molar-refractivity contribution < 1.29 is 9.21 Å². The predicted octanol–water partition coefficient (Wildman–Crippen LogP) is 3.87. The summed E-state index contributed by atoms with van der Waals surface area (Å²) in [7, 11) is 0. The maximum atomic E-state index is 11.8. The van der Waals surface area contributed by atoms with Crippen LogP contribution in [0.5, 0.6) is 0 Å². The fourth-order valence-corrected chi connectivity index (χ4v) is 3.12. The summed E-state index contributed by atoms with van der Waals surface area (Å²) in [5, 5.41) is 4.40. The van der Waals surface area contributed by atoms with Crippen LogP contribution in [0.1, 0.15) is 5.76 Å². The molecule has 0 radical (unpaired) electrons. The highest BCUT2D eigenvalue weighted by Crippen LogP contribution is 2.28. The number of amides is 1. The zero-order chi connectivity index (χ0) is 15.5. The molecule has 0 spiro atoms. The minimum absolute atomic E-state index is 0.106. The molecule has 0 aliphatic rings. The van der Waals surface area contributed by atoms with Crippen LogP contribution < -0.4 is 5.32 Å². The van der Waals surface area contributed by atoms with Gasteiger partial charge in [-0.15, -0.1) is 0 Å². The molecule has 5 nitrogen and oxygen atoms in total. The molecule has 2 aromatic heterocycles. The molecule has 8 heteroatoms. The van der Waals surface area contributed by atoms with Crippen molar-refractivity contribution >= 4 is 51.9 Å². The number of furan rings is 1. The lowest BCUT2D eigenvalue weighted by Crippen LogP contribution is -2.24. The van der Waals surface area contributed by atoms with E-state index in [0.29, 0.717) is 33.0 Å². The first-order chi connectivity index (χ1) is 10.6. The van der Waals surface area contributed by atoms with Gasteiger partial charge >= 0.3 is 0 Å². The number of hydrogen-bond donors (Lipinski definition) is 2. The number of imidazole rings is 1. The number of aromatic nitrogens is 2. The van der Waals surface area contributed by atoms with Gasteiger partial charge in [0.05, 0.1) is 29.1 Å². The summed E-state index contributed by atoms with van der Waals surface area (Å²) in [6, 6.07) is 6.96. The molecule has 2 heterocycles. The van der Waals surface area contributed by atoms with Crippen molar-refractivity contribution in [2.45, 2.75) is 11.7 Å². The molecule has 2 N–H and O–H groups in total. The van der Waals surface area contributed by atoms with Gasteiger partial charge in [0, 0.05) is 5.02 Å². The van der Waals surface area contributed by atoms with Crippen LogP contribution in [0.3, 0.4) is 0 Å². The number of nitrogens with zero attached hydrogens (tertiary/aromatic N) is 1. The van der Waals surface area contributed by atoms with Gasteiger partial charge in [0.1, 0.15) is 11.3 Å². The van der Waals surface area contributed by atoms with Gasteiger partial charge in [-0.2, -0.15) is 0 Å². The standard InChI is InChI=1S/C14H11Cl2N3O2S/c15-8-4-10(16)13-11(5-8)18-14(19-13)22-7-12(20)17-6-9-2-1-3-21-9/h1-5H,6-7H2,(H,17,20)(H,18,19). The minimum Gasteiger partial charge on any atom is -0.467 e. The van der Waals surface area contributed by atoms with Crippen LogP contribution in [0.2, 0.25) is 10.0 Å². The SMILES string of the molecule is O=C(CSc1nc2c(Cl)cc(Cl)cc2[nH]1)NCc1ccco1. The molecule has 0 saturated heterocycles. The summed E-state index contributed by atoms with van der Waals surface area (Å²) in [5.41, 5.74) is 1.39. The first-order valence-corrected chi connectivity index (χ1v) is 8.12. The van der Waals surface area contributed by atoms with E-state index < -0.39 is 0 Å². The number of H-pyrrole nitrogens is 1. The first kappa shape index (κ1) is 15.3. The van der Waals surface area contributed by atoms with Gasteiger partial charge < -0.3 is 14.7 Å². The van der Waals surface area contributed by atoms with Crippen LogP contribution in [0.4, 0.5) is 0 Å². The Morgan fingerprint density at radius 2 is 2.27 bits per heavy atom. The van der Waals surface area contributed by atoms with E-state index in [2.05, 4.69) is 15.3 Å². The molecule has 22 heavy (non-hydrogen) atoms. The van der Waals surface area contributed by atoms with Gasteiger partial charge in [0.2, 0.25) is 5.91 Å². The Hall–Kier alpha value is -1.63. The van der Waals surface area contributed by atoms with Crippen molar-refractivity contribution in [2.75, 3.05) is 5.75 Å². The number of hydrogen-bond acceptors (Lipinski definition) is 4. The van der Waals surface area contributed by atoms with E-state index in [1.165, 1.54) is 11.8 Å². The number of carbonyl (C=O) groups excluding carboxylic acids is 1. The fraction of sp³-hybridized carbons (Fsp3) is 0.143. The molecule has 0 aliphatic carbocycles. The van der Waals surface area contributed by atoms with E-state index in [1.807, 2.05) is 0 Å². The zero-order valence-corrected chi connectivity index (χ0v) is 13.6. The molecule has 0 unspecified atom stereocenters. The van der Waals surface area contributed by atoms with Crippen LogP contribution >= 0.6 is 35.0 Å². The second-order valence-electron chi connectivity index (χ2n) is 4.47. The Morgan fingerprint density at radius 3 is 3.05 bits per heavy atom. The third kappa shape index (κ3) is 3.58. The number of halogens is 2. The average molecular weight is 356 g/mol. The normalized spacial score (nSPS) is 11.0. The van der Waals surface area contributed by atoms with Gasteiger partial charge in [-0.3, -0.25) is 4.79 Å². The molecule has 0 bridgehead atoms. The molecule has 1 amide bonds. The van der Waals surface area contributed by atoms with Crippen molar-refractivity contribution in [3.8, 4) is 0 Å². The lowest BCUT2D eigenvalue weighted by atomic mass is 10.3. The topological polar surface area (TPSA) is 70.9 Å². The van der Waals surface area contributed by atoms with E-state index in [0.717, 1.165) is 5.52 Å². The van der Waals surface area contributed by atoms with Crippen LogP contribution in [0.15, 0.2) is 40.1 Å². The van der Waals surface area contributed by atoms with Crippen LogP contribution in [-0.2, 0) is 11.3 Å². The maximum Gasteiger partial charge on any atom is 0.230 e. The number of rotatable bonds is 5. The average Bonchev–Trinajstić information content (AvgIpc) is 3.11. The number of thioether (sulfide) groups is 1. The number of fused-ring (bicyclic) bond motifs is 1.